The second-order valence-electron chi connectivity index (χ2n) is 6.35. The lowest BCUT2D eigenvalue weighted by Gasteiger charge is -2.30. The van der Waals surface area contributed by atoms with Crippen LogP contribution in [0.15, 0.2) is 21.1 Å². The number of hydrogen-bond donors (Lipinski definition) is 0. The van der Waals surface area contributed by atoms with Crippen LogP contribution in [0.2, 0.25) is 0 Å². The molecular weight excluding hydrogens is 437 g/mol. The Bertz CT molecular complexity index is 1080. The van der Waals surface area contributed by atoms with E-state index in [-0.39, 0.29) is 35.7 Å². The van der Waals surface area contributed by atoms with Crippen LogP contribution in [0.4, 0.5) is 13.2 Å². The van der Waals surface area contributed by atoms with E-state index in [1.807, 2.05) is 0 Å². The van der Waals surface area contributed by atoms with Gasteiger partial charge in [-0.05, 0) is 24.3 Å². The molecule has 1 saturated heterocycles. The van der Waals surface area contributed by atoms with Gasteiger partial charge < -0.3 is 4.74 Å². The topological polar surface area (TPSA) is 104 Å². The highest BCUT2D eigenvalue weighted by Crippen LogP contribution is 2.31. The van der Waals surface area contributed by atoms with E-state index >= 15 is 0 Å². The van der Waals surface area contributed by atoms with Gasteiger partial charge in [-0.15, -0.1) is 16.4 Å². The minimum Gasteiger partial charge on any atom is -0.465 e. The summed E-state index contributed by atoms with van der Waals surface area (Å²) in [4.78, 5) is 23.7. The summed E-state index contributed by atoms with van der Waals surface area (Å²) in [5.41, 5.74) is -0.913. The molecule has 0 aliphatic carbocycles. The lowest BCUT2D eigenvalue weighted by Crippen LogP contribution is -2.41. The Labute approximate surface area is 167 Å². The van der Waals surface area contributed by atoms with Crippen LogP contribution in [0, 0.1) is 0 Å². The van der Waals surface area contributed by atoms with Gasteiger partial charge in [-0.25, -0.2) is 22.7 Å². The summed E-state index contributed by atoms with van der Waals surface area (Å²) in [6.07, 6.45) is -4.57. The quantitative estimate of drug-likeness (QED) is 0.649. The molecule has 9 nitrogen and oxygen atoms in total. The molecule has 14 heteroatoms. The Morgan fingerprint density at radius 2 is 1.93 bits per heavy atom. The second kappa shape index (κ2) is 7.57. The first-order chi connectivity index (χ1) is 13.5. The van der Waals surface area contributed by atoms with Crippen LogP contribution >= 0.6 is 11.3 Å². The molecule has 2 aromatic rings. The van der Waals surface area contributed by atoms with Gasteiger partial charge in [0.05, 0.1) is 13.2 Å². The maximum atomic E-state index is 13.0. The fourth-order valence-electron chi connectivity index (χ4n) is 3.15. The molecule has 2 aromatic heterocycles. The molecule has 0 amide bonds. The van der Waals surface area contributed by atoms with Crippen molar-refractivity contribution in [3.63, 3.8) is 0 Å². The van der Waals surface area contributed by atoms with Crippen molar-refractivity contribution in [3.8, 4) is 0 Å². The van der Waals surface area contributed by atoms with Gasteiger partial charge in [0, 0.05) is 20.1 Å². The highest BCUT2D eigenvalue weighted by atomic mass is 32.2. The van der Waals surface area contributed by atoms with Crippen molar-refractivity contribution in [3.05, 3.63) is 32.6 Å². The molecule has 0 radical (unpaired) electrons. The first-order valence-electron chi connectivity index (χ1n) is 8.37. The zero-order chi connectivity index (χ0) is 21.6. The Morgan fingerprint density at radius 1 is 1.31 bits per heavy atom. The molecular formula is C15H17F3N4O5S2. The van der Waals surface area contributed by atoms with Gasteiger partial charge in [-0.3, -0.25) is 4.57 Å². The number of esters is 1. The van der Waals surface area contributed by atoms with Crippen LogP contribution in [0.25, 0.3) is 0 Å². The van der Waals surface area contributed by atoms with Gasteiger partial charge >= 0.3 is 17.8 Å². The summed E-state index contributed by atoms with van der Waals surface area (Å²) >= 11 is 0.934. The summed E-state index contributed by atoms with van der Waals surface area (Å²) in [7, 11) is -1.87. The number of methoxy groups -OCH3 is 1. The Hall–Kier alpha value is -2.19. The smallest absolute Gasteiger partial charge is 0.451 e. The monoisotopic (exact) mass is 454 g/mol. The standard InChI is InChI=1S/C15H17F3N4O5S2/c1-20-13(15(16,17)18)19-22(14(20)24)9-3-6-21(7-4-9)29(25,26)10-5-8-28-11(10)12(23)27-2/h5,8-9H,3-4,6-7H2,1-2H3. The lowest BCUT2D eigenvalue weighted by molar-refractivity contribution is -0.147. The number of alkyl halides is 3. The third-order valence-electron chi connectivity index (χ3n) is 4.64. The molecule has 0 spiro atoms. The van der Waals surface area contributed by atoms with Crippen molar-refractivity contribution in [1.29, 1.82) is 0 Å². The fourth-order valence-corrected chi connectivity index (χ4v) is 5.93. The SMILES string of the molecule is COC(=O)c1sccc1S(=O)(=O)N1CCC(n2nc(C(F)(F)F)n(C)c2=O)CC1. The predicted octanol–water partition coefficient (Wildman–Crippen LogP) is 1.47. The third kappa shape index (κ3) is 3.83. The molecule has 0 unspecified atom stereocenters. The van der Waals surface area contributed by atoms with E-state index in [1.165, 1.54) is 11.4 Å². The summed E-state index contributed by atoms with van der Waals surface area (Å²) in [6.45, 7) is -0.0678. The van der Waals surface area contributed by atoms with Gasteiger partial charge in [0.15, 0.2) is 0 Å². The first kappa shape index (κ1) is 21.5. The number of hydrogen-bond acceptors (Lipinski definition) is 7. The number of aromatic nitrogens is 3. The number of thiophene rings is 1. The molecule has 0 N–H and O–H groups in total. The molecule has 0 atom stereocenters. The fraction of sp³-hybridized carbons (Fsp3) is 0.533. The number of carbonyl (C=O) groups is 1. The van der Waals surface area contributed by atoms with Gasteiger partial charge in [0.2, 0.25) is 15.8 Å². The zero-order valence-corrected chi connectivity index (χ0v) is 17.0. The van der Waals surface area contributed by atoms with Gasteiger partial charge in [0.1, 0.15) is 9.77 Å². The van der Waals surface area contributed by atoms with Gasteiger partial charge in [0.25, 0.3) is 0 Å². The van der Waals surface area contributed by atoms with E-state index in [0.717, 1.165) is 34.5 Å². The molecule has 1 aliphatic heterocycles. The molecule has 160 valence electrons. The summed E-state index contributed by atoms with van der Waals surface area (Å²) in [6, 6.07) is 0.635. The maximum absolute atomic E-state index is 13.0. The van der Waals surface area contributed by atoms with E-state index in [0.29, 0.717) is 4.57 Å². The molecule has 3 heterocycles. The number of piperidine rings is 1. The minimum absolute atomic E-state index is 0.0339. The van der Waals surface area contributed by atoms with Crippen LogP contribution in [0.3, 0.4) is 0 Å². The Kier molecular flexibility index (Phi) is 5.62. The van der Waals surface area contributed by atoms with E-state index in [9.17, 15) is 31.2 Å². The van der Waals surface area contributed by atoms with Crippen molar-refractivity contribution in [2.75, 3.05) is 20.2 Å². The second-order valence-corrected chi connectivity index (χ2v) is 9.17. The highest BCUT2D eigenvalue weighted by molar-refractivity contribution is 7.89. The van der Waals surface area contributed by atoms with Crippen molar-refractivity contribution in [2.24, 2.45) is 7.05 Å². The van der Waals surface area contributed by atoms with E-state index < -0.39 is 39.7 Å². The van der Waals surface area contributed by atoms with E-state index in [2.05, 4.69) is 9.84 Å². The lowest BCUT2D eigenvalue weighted by atomic mass is 10.1. The highest BCUT2D eigenvalue weighted by Gasteiger charge is 2.40. The predicted molar refractivity (Wildman–Crippen MR) is 95.2 cm³/mol. The summed E-state index contributed by atoms with van der Waals surface area (Å²) in [5, 5.41) is 4.86. The minimum atomic E-state index is -4.77. The first-order valence-corrected chi connectivity index (χ1v) is 10.7. The Balaban J connectivity index is 1.81. The van der Waals surface area contributed by atoms with Crippen LogP contribution in [0.5, 0.6) is 0 Å². The number of rotatable bonds is 4. The molecule has 3 rings (SSSR count). The largest absolute Gasteiger partial charge is 0.465 e. The van der Waals surface area contributed by atoms with E-state index in [4.69, 9.17) is 0 Å². The van der Waals surface area contributed by atoms with Crippen LogP contribution in [-0.4, -0.2) is 53.2 Å². The van der Waals surface area contributed by atoms with Crippen molar-refractivity contribution in [2.45, 2.75) is 30.0 Å². The number of carbonyl (C=O) groups excluding carboxylic acids is 1. The van der Waals surface area contributed by atoms with E-state index in [1.54, 1.807) is 0 Å². The van der Waals surface area contributed by atoms with Gasteiger partial charge in [-0.1, -0.05) is 0 Å². The van der Waals surface area contributed by atoms with Crippen molar-refractivity contribution < 1.29 is 31.1 Å². The van der Waals surface area contributed by atoms with Crippen LogP contribution in [-0.2, 0) is 28.0 Å². The average molecular weight is 454 g/mol. The van der Waals surface area contributed by atoms with Crippen LogP contribution < -0.4 is 5.69 Å². The number of sulfonamides is 1. The third-order valence-corrected chi connectivity index (χ3v) is 7.61. The summed E-state index contributed by atoms with van der Waals surface area (Å²) in [5.74, 6) is -2.08. The zero-order valence-electron chi connectivity index (χ0n) is 15.3. The molecule has 29 heavy (non-hydrogen) atoms. The Morgan fingerprint density at radius 3 is 2.45 bits per heavy atom. The molecule has 0 aromatic carbocycles. The van der Waals surface area contributed by atoms with Crippen LogP contribution in [0.1, 0.15) is 34.4 Å². The number of halogens is 3. The molecule has 1 aliphatic rings. The number of nitrogens with zero attached hydrogens (tertiary/aromatic N) is 4. The normalized spacial score (nSPS) is 16.9. The molecule has 0 saturated carbocycles. The summed E-state index contributed by atoms with van der Waals surface area (Å²) < 4.78 is 71.5. The van der Waals surface area contributed by atoms with Gasteiger partial charge in [-0.2, -0.15) is 17.5 Å². The molecule has 1 fully saturated rings. The van der Waals surface area contributed by atoms with Crippen molar-refractivity contribution in [1.82, 2.24) is 18.7 Å². The molecule has 0 bridgehead atoms. The van der Waals surface area contributed by atoms with Crippen molar-refractivity contribution >= 4 is 27.3 Å². The maximum Gasteiger partial charge on any atom is 0.451 e. The average Bonchev–Trinajstić information content (AvgIpc) is 3.27. The number of ether oxygens (including phenoxy) is 1.